The molecule has 0 heterocycles. The van der Waals surface area contributed by atoms with Crippen LogP contribution in [0, 0.1) is 0 Å². The molecule has 0 aromatic rings. The first kappa shape index (κ1) is 9.63. The first-order chi connectivity index (χ1) is 4.85. The predicted molar refractivity (Wildman–Crippen MR) is 41.0 cm³/mol. The third kappa shape index (κ3) is 4.50. The quantitative estimate of drug-likeness (QED) is 0.531. The van der Waals surface area contributed by atoms with Gasteiger partial charge in [0.1, 0.15) is 12.9 Å². The predicted octanol–water partition coefficient (Wildman–Crippen LogP) is 1.78. The van der Waals surface area contributed by atoms with Crippen molar-refractivity contribution in [1.29, 1.82) is 0 Å². The lowest BCUT2D eigenvalue weighted by atomic mass is 10.2. The van der Waals surface area contributed by atoms with Crippen LogP contribution in [0.5, 0.6) is 0 Å². The lowest BCUT2D eigenvalue weighted by Crippen LogP contribution is -2.12. The van der Waals surface area contributed by atoms with E-state index in [4.69, 9.17) is 4.74 Å². The Labute approximate surface area is 62.6 Å². The molecule has 0 bridgehead atoms. The molecule has 0 aromatic heterocycles. The van der Waals surface area contributed by atoms with Crippen LogP contribution < -0.4 is 0 Å². The zero-order valence-electron chi connectivity index (χ0n) is 6.80. The summed E-state index contributed by atoms with van der Waals surface area (Å²) in [5.74, 6) is 0. The van der Waals surface area contributed by atoms with Crippen LogP contribution in [0.4, 0.5) is 0 Å². The van der Waals surface area contributed by atoms with Gasteiger partial charge in [-0.05, 0) is 12.8 Å². The molecule has 0 aliphatic carbocycles. The Morgan fingerprint density at radius 1 is 1.50 bits per heavy atom. The van der Waals surface area contributed by atoms with Gasteiger partial charge in [0.05, 0.1) is 6.10 Å². The maximum absolute atomic E-state index is 9.90. The van der Waals surface area contributed by atoms with Crippen molar-refractivity contribution in [3.63, 3.8) is 0 Å². The number of ether oxygens (including phenoxy) is 1. The lowest BCUT2D eigenvalue weighted by Gasteiger charge is -2.11. The minimum atomic E-state index is 0.249. The van der Waals surface area contributed by atoms with E-state index in [1.807, 2.05) is 0 Å². The largest absolute Gasteiger partial charge is 0.371 e. The smallest absolute Gasteiger partial charge is 0.145 e. The molecule has 10 heavy (non-hydrogen) atoms. The highest BCUT2D eigenvalue weighted by molar-refractivity contribution is 5.50. The maximum Gasteiger partial charge on any atom is 0.145 e. The summed E-state index contributed by atoms with van der Waals surface area (Å²) in [5, 5.41) is 0. The van der Waals surface area contributed by atoms with Gasteiger partial charge in [0, 0.05) is 0 Å². The summed E-state index contributed by atoms with van der Waals surface area (Å²) in [7, 11) is 0. The molecule has 0 rings (SSSR count). The Kier molecular flexibility index (Phi) is 6.50. The van der Waals surface area contributed by atoms with Gasteiger partial charge in [-0.15, -0.1) is 0 Å². The second-order valence-corrected chi connectivity index (χ2v) is 2.32. The Bertz CT molecular complexity index is 81.3. The highest BCUT2D eigenvalue weighted by Crippen LogP contribution is 2.04. The van der Waals surface area contributed by atoms with Crippen LogP contribution in [0.3, 0.4) is 0 Å². The number of rotatable bonds is 6. The second kappa shape index (κ2) is 6.75. The molecule has 0 amide bonds. The SMILES string of the molecule is CCCC(CC)OCC=O. The Morgan fingerprint density at radius 2 is 2.20 bits per heavy atom. The van der Waals surface area contributed by atoms with Gasteiger partial charge < -0.3 is 9.53 Å². The van der Waals surface area contributed by atoms with Crippen molar-refractivity contribution in [2.45, 2.75) is 39.2 Å². The fraction of sp³-hybridized carbons (Fsp3) is 0.875. The normalized spacial score (nSPS) is 13.0. The molecular formula is C8H16O2. The highest BCUT2D eigenvalue weighted by Gasteiger charge is 2.02. The van der Waals surface area contributed by atoms with Gasteiger partial charge in [0.15, 0.2) is 0 Å². The molecule has 0 saturated carbocycles. The molecule has 0 saturated heterocycles. The first-order valence-corrected chi connectivity index (χ1v) is 3.90. The number of carbonyl (C=O) groups excluding carboxylic acids is 1. The van der Waals surface area contributed by atoms with E-state index in [1.54, 1.807) is 0 Å². The van der Waals surface area contributed by atoms with E-state index in [0.29, 0.717) is 0 Å². The van der Waals surface area contributed by atoms with Gasteiger partial charge in [-0.25, -0.2) is 0 Å². The summed E-state index contributed by atoms with van der Waals surface area (Å²) in [6.45, 7) is 4.44. The van der Waals surface area contributed by atoms with E-state index >= 15 is 0 Å². The van der Waals surface area contributed by atoms with Crippen LogP contribution in [0.25, 0.3) is 0 Å². The van der Waals surface area contributed by atoms with Gasteiger partial charge in [-0.1, -0.05) is 20.3 Å². The minimum absolute atomic E-state index is 0.249. The number of hydrogen-bond acceptors (Lipinski definition) is 2. The maximum atomic E-state index is 9.90. The lowest BCUT2D eigenvalue weighted by molar-refractivity contribution is -0.113. The average molecular weight is 144 g/mol. The fourth-order valence-corrected chi connectivity index (χ4v) is 0.903. The van der Waals surface area contributed by atoms with Crippen LogP contribution in [-0.4, -0.2) is 19.0 Å². The zero-order chi connectivity index (χ0) is 7.82. The molecule has 0 N–H and O–H groups in total. The molecule has 1 atom stereocenters. The van der Waals surface area contributed by atoms with Crippen LogP contribution in [-0.2, 0) is 9.53 Å². The van der Waals surface area contributed by atoms with E-state index in [9.17, 15) is 4.79 Å². The minimum Gasteiger partial charge on any atom is -0.371 e. The molecule has 0 aromatic carbocycles. The van der Waals surface area contributed by atoms with Gasteiger partial charge >= 0.3 is 0 Å². The third-order valence-corrected chi connectivity index (χ3v) is 1.47. The molecule has 0 aliphatic rings. The van der Waals surface area contributed by atoms with Crippen molar-refractivity contribution in [1.82, 2.24) is 0 Å². The standard InChI is InChI=1S/C8H16O2/c1-3-5-8(4-2)10-7-6-9/h6,8H,3-5,7H2,1-2H3. The summed E-state index contributed by atoms with van der Waals surface area (Å²) < 4.78 is 5.21. The highest BCUT2D eigenvalue weighted by atomic mass is 16.5. The van der Waals surface area contributed by atoms with Crippen LogP contribution in [0.2, 0.25) is 0 Å². The summed E-state index contributed by atoms with van der Waals surface area (Å²) in [5.41, 5.74) is 0. The van der Waals surface area contributed by atoms with E-state index in [1.165, 1.54) is 0 Å². The molecular weight excluding hydrogens is 128 g/mol. The topological polar surface area (TPSA) is 26.3 Å². The monoisotopic (exact) mass is 144 g/mol. The van der Waals surface area contributed by atoms with Gasteiger partial charge in [-0.3, -0.25) is 0 Å². The van der Waals surface area contributed by atoms with E-state index in [0.717, 1.165) is 25.5 Å². The van der Waals surface area contributed by atoms with Crippen molar-refractivity contribution in [3.05, 3.63) is 0 Å². The molecule has 0 radical (unpaired) electrons. The molecule has 60 valence electrons. The third-order valence-electron chi connectivity index (χ3n) is 1.47. The molecule has 1 unspecified atom stereocenters. The summed E-state index contributed by atoms with van der Waals surface area (Å²) >= 11 is 0. The fourth-order valence-electron chi connectivity index (χ4n) is 0.903. The Morgan fingerprint density at radius 3 is 2.60 bits per heavy atom. The molecule has 2 heteroatoms. The molecule has 0 spiro atoms. The van der Waals surface area contributed by atoms with E-state index in [-0.39, 0.29) is 12.7 Å². The van der Waals surface area contributed by atoms with Crippen LogP contribution >= 0.6 is 0 Å². The van der Waals surface area contributed by atoms with Crippen molar-refractivity contribution in [2.24, 2.45) is 0 Å². The van der Waals surface area contributed by atoms with Crippen molar-refractivity contribution in [3.8, 4) is 0 Å². The molecule has 0 fully saturated rings. The summed E-state index contributed by atoms with van der Waals surface area (Å²) in [4.78, 5) is 9.90. The summed E-state index contributed by atoms with van der Waals surface area (Å²) in [6, 6.07) is 0. The van der Waals surface area contributed by atoms with Crippen molar-refractivity contribution >= 4 is 6.29 Å². The first-order valence-electron chi connectivity index (χ1n) is 3.90. The second-order valence-electron chi connectivity index (χ2n) is 2.32. The van der Waals surface area contributed by atoms with Crippen molar-refractivity contribution in [2.75, 3.05) is 6.61 Å². The summed E-state index contributed by atoms with van der Waals surface area (Å²) in [6.07, 6.45) is 4.28. The van der Waals surface area contributed by atoms with Gasteiger partial charge in [0.2, 0.25) is 0 Å². The van der Waals surface area contributed by atoms with Crippen LogP contribution in [0.15, 0.2) is 0 Å². The average Bonchev–Trinajstić information content (AvgIpc) is 1.98. The molecule has 2 nitrogen and oxygen atoms in total. The van der Waals surface area contributed by atoms with Crippen molar-refractivity contribution < 1.29 is 9.53 Å². The number of hydrogen-bond donors (Lipinski definition) is 0. The molecule has 0 aliphatic heterocycles. The zero-order valence-corrected chi connectivity index (χ0v) is 6.80. The number of aldehydes is 1. The Hall–Kier alpha value is -0.370. The Balaban J connectivity index is 3.29. The van der Waals surface area contributed by atoms with Gasteiger partial charge in [0.25, 0.3) is 0 Å². The van der Waals surface area contributed by atoms with E-state index in [2.05, 4.69) is 13.8 Å². The number of carbonyl (C=O) groups is 1. The van der Waals surface area contributed by atoms with E-state index < -0.39 is 0 Å². The van der Waals surface area contributed by atoms with Gasteiger partial charge in [-0.2, -0.15) is 0 Å². The van der Waals surface area contributed by atoms with Crippen LogP contribution in [0.1, 0.15) is 33.1 Å².